The van der Waals surface area contributed by atoms with Crippen LogP contribution in [0.2, 0.25) is 0 Å². The number of hydrogen-bond donors (Lipinski definition) is 0. The molecule has 0 bridgehead atoms. The Kier molecular flexibility index (Phi) is 8.98. The average molecular weight is 817 g/mol. The minimum Gasteiger partial charge on any atom is -0.311 e. The molecule has 0 aliphatic heterocycles. The van der Waals surface area contributed by atoms with Gasteiger partial charge in [-0.2, -0.15) is 0 Å². The van der Waals surface area contributed by atoms with E-state index in [4.69, 9.17) is 0 Å². The molecule has 0 unspecified atom stereocenters. The number of fused-ring (bicyclic) bond motifs is 9. The fourth-order valence-electron chi connectivity index (χ4n) is 11.2. The van der Waals surface area contributed by atoms with Crippen molar-refractivity contribution in [1.82, 2.24) is 0 Å². The normalized spacial score (nSPS) is 13.6. The first-order chi connectivity index (χ1) is 31.8. The number of rotatable bonds is 8. The van der Waals surface area contributed by atoms with Gasteiger partial charge in [-0.05, 0) is 117 Å². The molecule has 0 radical (unpaired) electrons. The van der Waals surface area contributed by atoms with E-state index in [2.05, 4.69) is 277 Å². The zero-order valence-electron chi connectivity index (χ0n) is 35.3. The van der Waals surface area contributed by atoms with Gasteiger partial charge in [0, 0.05) is 34.0 Å². The van der Waals surface area contributed by atoms with Gasteiger partial charge in [-0.3, -0.25) is 0 Å². The van der Waals surface area contributed by atoms with E-state index in [0.29, 0.717) is 0 Å². The average Bonchev–Trinajstić information content (AvgIpc) is 3.68. The van der Waals surface area contributed by atoms with E-state index in [9.17, 15) is 0 Å². The number of hydrogen-bond acceptors (Lipinski definition) is 2. The molecule has 2 heteroatoms. The molecule has 0 N–H and O–H groups in total. The third-order valence-electron chi connectivity index (χ3n) is 13.6. The maximum absolute atomic E-state index is 2.45. The molecule has 12 rings (SSSR count). The van der Waals surface area contributed by atoms with Gasteiger partial charge in [0.15, 0.2) is 0 Å². The van der Waals surface area contributed by atoms with Crippen molar-refractivity contribution in [2.75, 3.05) is 9.80 Å². The molecule has 1 spiro atoms. The Morgan fingerprint density at radius 3 is 1.02 bits per heavy atom. The third kappa shape index (κ3) is 5.52. The summed E-state index contributed by atoms with van der Waals surface area (Å²) in [6.07, 6.45) is 0. The van der Waals surface area contributed by atoms with E-state index >= 15 is 0 Å². The molecule has 64 heavy (non-hydrogen) atoms. The molecule has 0 saturated heterocycles. The van der Waals surface area contributed by atoms with Gasteiger partial charge in [0.1, 0.15) is 0 Å². The van der Waals surface area contributed by atoms with Crippen LogP contribution in [0.1, 0.15) is 44.5 Å². The van der Waals surface area contributed by atoms with Crippen molar-refractivity contribution in [3.05, 3.63) is 311 Å². The van der Waals surface area contributed by atoms with E-state index in [-0.39, 0.29) is 0 Å². The minimum atomic E-state index is -0.597. The van der Waals surface area contributed by atoms with Gasteiger partial charge in [0.25, 0.3) is 0 Å². The Hall–Kier alpha value is -8.20. The van der Waals surface area contributed by atoms with Gasteiger partial charge in [-0.25, -0.2) is 0 Å². The van der Waals surface area contributed by atoms with Crippen LogP contribution in [0.3, 0.4) is 0 Å². The molecule has 302 valence electrons. The molecule has 10 aromatic carbocycles. The summed E-state index contributed by atoms with van der Waals surface area (Å²) in [6.45, 7) is 0. The molecule has 0 atom stereocenters. The Morgan fingerprint density at radius 1 is 0.219 bits per heavy atom. The zero-order chi connectivity index (χ0) is 42.5. The SMILES string of the molecule is c1ccc(N(c2ccccc2)c2ccc(N(c3ccccc3)c3cccc4c3-c3ccccc3C43c4ccccc4C(c4ccccc4)(c4ccccc4)c4ccccc43)cc2)cc1. The highest BCUT2D eigenvalue weighted by Crippen LogP contribution is 2.66. The van der Waals surface area contributed by atoms with Gasteiger partial charge in [-0.1, -0.05) is 200 Å². The highest BCUT2D eigenvalue weighted by atomic mass is 15.2. The molecule has 10 aromatic rings. The van der Waals surface area contributed by atoms with Crippen LogP contribution in [0.4, 0.5) is 34.1 Å². The summed E-state index contributed by atoms with van der Waals surface area (Å²) in [5.74, 6) is 0. The first kappa shape index (κ1) is 37.6. The van der Waals surface area contributed by atoms with Crippen molar-refractivity contribution in [3.8, 4) is 11.1 Å². The van der Waals surface area contributed by atoms with Crippen LogP contribution in [-0.4, -0.2) is 0 Å². The van der Waals surface area contributed by atoms with E-state index < -0.39 is 10.8 Å². The smallest absolute Gasteiger partial charge is 0.0720 e. The topological polar surface area (TPSA) is 6.48 Å². The highest BCUT2D eigenvalue weighted by Gasteiger charge is 2.57. The standard InChI is InChI=1S/C62H44N2/c1-6-23-45(24-7-1)61(46-25-8-2-9-26-46)54-35-18-20-37-56(54)62(57-38-21-19-36-55(57)61)53-34-17-16-33-52(53)60-58(62)39-22-40-59(60)64(49-31-14-5-15-32-49)51-43-41-50(42-44-51)63(47-27-10-3-11-28-47)48-29-12-4-13-30-48/h1-44H. The maximum atomic E-state index is 2.45. The second-order valence-electron chi connectivity index (χ2n) is 16.8. The van der Waals surface area contributed by atoms with Crippen LogP contribution >= 0.6 is 0 Å². The molecular weight excluding hydrogens is 773 g/mol. The molecule has 2 aliphatic rings. The van der Waals surface area contributed by atoms with Gasteiger partial charge in [0.05, 0.1) is 16.5 Å². The lowest BCUT2D eigenvalue weighted by atomic mass is 9.51. The number of benzene rings is 10. The zero-order valence-corrected chi connectivity index (χ0v) is 35.3. The van der Waals surface area contributed by atoms with Gasteiger partial charge >= 0.3 is 0 Å². The van der Waals surface area contributed by atoms with Gasteiger partial charge in [0.2, 0.25) is 0 Å². The van der Waals surface area contributed by atoms with Crippen LogP contribution in [0, 0.1) is 0 Å². The molecule has 0 amide bonds. The summed E-state index contributed by atoms with van der Waals surface area (Å²) >= 11 is 0. The van der Waals surface area contributed by atoms with Crippen LogP contribution in [0.15, 0.2) is 267 Å². The molecule has 2 nitrogen and oxygen atoms in total. The van der Waals surface area contributed by atoms with Crippen molar-refractivity contribution in [2.24, 2.45) is 0 Å². The summed E-state index contributed by atoms with van der Waals surface area (Å²) in [6, 6.07) is 98.1. The Bertz CT molecular complexity index is 3130. The monoisotopic (exact) mass is 816 g/mol. The van der Waals surface area contributed by atoms with E-state index in [1.54, 1.807) is 0 Å². The fourth-order valence-corrected chi connectivity index (χ4v) is 11.2. The summed E-state index contributed by atoms with van der Waals surface area (Å²) in [5, 5.41) is 0. The van der Waals surface area contributed by atoms with Gasteiger partial charge < -0.3 is 9.80 Å². The summed E-state index contributed by atoms with van der Waals surface area (Å²) in [4.78, 5) is 4.77. The Labute approximate surface area is 375 Å². The predicted octanol–water partition coefficient (Wildman–Crippen LogP) is 15.7. The third-order valence-corrected chi connectivity index (χ3v) is 13.6. The van der Waals surface area contributed by atoms with Crippen molar-refractivity contribution in [3.63, 3.8) is 0 Å². The quantitative estimate of drug-likeness (QED) is 0.151. The van der Waals surface area contributed by atoms with Crippen molar-refractivity contribution in [1.29, 1.82) is 0 Å². The molecule has 2 aliphatic carbocycles. The largest absolute Gasteiger partial charge is 0.311 e. The van der Waals surface area contributed by atoms with Crippen molar-refractivity contribution >= 4 is 34.1 Å². The predicted molar refractivity (Wildman–Crippen MR) is 265 cm³/mol. The minimum absolute atomic E-state index is 0.554. The van der Waals surface area contributed by atoms with Crippen LogP contribution < -0.4 is 9.80 Å². The summed E-state index contributed by atoms with van der Waals surface area (Å²) in [7, 11) is 0. The van der Waals surface area contributed by atoms with E-state index in [1.807, 2.05) is 0 Å². The van der Waals surface area contributed by atoms with Crippen LogP contribution in [-0.2, 0) is 10.8 Å². The number of anilines is 6. The lowest BCUT2D eigenvalue weighted by Crippen LogP contribution is -2.44. The first-order valence-electron chi connectivity index (χ1n) is 22.2. The Balaban J connectivity index is 1.11. The maximum Gasteiger partial charge on any atom is 0.0720 e. The fraction of sp³-hybridized carbons (Fsp3) is 0.0323. The summed E-state index contributed by atoms with van der Waals surface area (Å²) in [5.41, 5.74) is 18.3. The second-order valence-corrected chi connectivity index (χ2v) is 16.8. The Morgan fingerprint density at radius 2 is 0.547 bits per heavy atom. The lowest BCUT2D eigenvalue weighted by Gasteiger charge is -2.50. The van der Waals surface area contributed by atoms with Crippen molar-refractivity contribution in [2.45, 2.75) is 10.8 Å². The van der Waals surface area contributed by atoms with Gasteiger partial charge in [-0.15, -0.1) is 0 Å². The van der Waals surface area contributed by atoms with Crippen LogP contribution in [0.5, 0.6) is 0 Å². The molecule has 0 fully saturated rings. The van der Waals surface area contributed by atoms with Crippen molar-refractivity contribution < 1.29 is 0 Å². The first-order valence-corrected chi connectivity index (χ1v) is 22.2. The molecule has 0 heterocycles. The lowest BCUT2D eigenvalue weighted by molar-refractivity contribution is 0.623. The summed E-state index contributed by atoms with van der Waals surface area (Å²) < 4.78 is 0. The highest BCUT2D eigenvalue weighted by molar-refractivity contribution is 5.98. The number of para-hydroxylation sites is 3. The molecule has 0 saturated carbocycles. The van der Waals surface area contributed by atoms with E-state index in [0.717, 1.165) is 34.1 Å². The molecular formula is C62H44N2. The molecule has 0 aromatic heterocycles. The van der Waals surface area contributed by atoms with Crippen LogP contribution in [0.25, 0.3) is 11.1 Å². The second kappa shape index (κ2) is 15.3. The number of nitrogens with zero attached hydrogens (tertiary/aromatic N) is 2. The van der Waals surface area contributed by atoms with E-state index in [1.165, 1.54) is 55.6 Å².